The summed E-state index contributed by atoms with van der Waals surface area (Å²) in [5, 5.41) is 2.93. The molecular weight excluding hydrogens is 280 g/mol. The highest BCUT2D eigenvalue weighted by Gasteiger charge is 2.10. The Labute approximate surface area is 111 Å². The van der Waals surface area contributed by atoms with E-state index in [4.69, 9.17) is 5.73 Å². The van der Waals surface area contributed by atoms with Crippen molar-refractivity contribution in [3.63, 3.8) is 0 Å². The molecule has 3 nitrogen and oxygen atoms in total. The number of hydrogen-bond acceptors (Lipinski definition) is 2. The van der Waals surface area contributed by atoms with Crippen LogP contribution < -0.4 is 11.1 Å². The maximum atomic E-state index is 11.6. The van der Waals surface area contributed by atoms with E-state index in [0.717, 1.165) is 17.3 Å². The van der Waals surface area contributed by atoms with Gasteiger partial charge in [0.05, 0.1) is 0 Å². The second kappa shape index (κ2) is 7.45. The van der Waals surface area contributed by atoms with Crippen molar-refractivity contribution in [2.45, 2.75) is 19.8 Å². The molecule has 0 saturated heterocycles. The highest BCUT2D eigenvalue weighted by molar-refractivity contribution is 9.10. The molecule has 4 heteroatoms. The van der Waals surface area contributed by atoms with Crippen LogP contribution in [0.2, 0.25) is 0 Å². The molecule has 0 aliphatic heterocycles. The first-order valence-electron chi connectivity index (χ1n) is 5.85. The lowest BCUT2D eigenvalue weighted by Crippen LogP contribution is -2.31. The number of carbonyl (C=O) groups excluding carboxylic acids is 1. The van der Waals surface area contributed by atoms with Crippen molar-refractivity contribution in [2.75, 3.05) is 13.1 Å². The molecule has 0 aromatic heterocycles. The topological polar surface area (TPSA) is 55.1 Å². The van der Waals surface area contributed by atoms with Crippen LogP contribution in [0.4, 0.5) is 0 Å². The fourth-order valence-corrected chi connectivity index (χ4v) is 2.02. The molecular formula is C13H19BrN2O. The number of nitrogens with one attached hydrogen (secondary N) is 1. The fraction of sp³-hybridized carbons (Fsp3) is 0.462. The maximum Gasteiger partial charge on any atom is 0.222 e. The van der Waals surface area contributed by atoms with Crippen molar-refractivity contribution in [1.29, 1.82) is 0 Å². The summed E-state index contributed by atoms with van der Waals surface area (Å²) in [6.07, 6.45) is 1.59. The lowest BCUT2D eigenvalue weighted by molar-refractivity contribution is -0.124. The Kier molecular flexibility index (Phi) is 6.22. The minimum absolute atomic E-state index is 0.00232. The van der Waals surface area contributed by atoms with Gasteiger partial charge in [0, 0.05) is 16.9 Å². The third-order valence-electron chi connectivity index (χ3n) is 2.65. The molecule has 0 radical (unpaired) electrons. The number of benzene rings is 1. The summed E-state index contributed by atoms with van der Waals surface area (Å²) in [5.74, 6) is 0.0907. The zero-order chi connectivity index (χ0) is 12.7. The van der Waals surface area contributed by atoms with Crippen LogP contribution in [0.5, 0.6) is 0 Å². The molecule has 1 unspecified atom stereocenters. The molecule has 1 aromatic carbocycles. The first kappa shape index (κ1) is 14.2. The Bertz CT molecular complexity index is 368. The van der Waals surface area contributed by atoms with Crippen molar-refractivity contribution in [3.05, 3.63) is 34.3 Å². The van der Waals surface area contributed by atoms with E-state index in [1.165, 1.54) is 5.56 Å². The van der Waals surface area contributed by atoms with Crippen LogP contribution in [0.15, 0.2) is 28.7 Å². The van der Waals surface area contributed by atoms with Gasteiger partial charge in [-0.1, -0.05) is 35.0 Å². The van der Waals surface area contributed by atoms with Crippen molar-refractivity contribution < 1.29 is 4.79 Å². The monoisotopic (exact) mass is 298 g/mol. The highest BCUT2D eigenvalue weighted by Crippen LogP contribution is 2.11. The molecule has 0 fully saturated rings. The van der Waals surface area contributed by atoms with Crippen molar-refractivity contribution in [1.82, 2.24) is 5.32 Å². The number of amides is 1. The van der Waals surface area contributed by atoms with Crippen LogP contribution in [0.3, 0.4) is 0 Å². The number of hydrogen-bond donors (Lipinski definition) is 2. The van der Waals surface area contributed by atoms with Crippen LogP contribution >= 0.6 is 15.9 Å². The number of rotatable bonds is 6. The molecule has 3 N–H and O–H groups in total. The molecule has 1 amide bonds. The van der Waals surface area contributed by atoms with E-state index in [9.17, 15) is 4.79 Å². The molecule has 1 aromatic rings. The fourth-order valence-electron chi connectivity index (χ4n) is 1.58. The van der Waals surface area contributed by atoms with Crippen LogP contribution in [0.25, 0.3) is 0 Å². The standard InChI is InChI=1S/C13H19BrN2O/c1-10(5-7-15)13(17)16-8-6-11-3-2-4-12(14)9-11/h2-4,9-10H,5-8,15H2,1H3,(H,16,17). The highest BCUT2D eigenvalue weighted by atomic mass is 79.9. The Morgan fingerprint density at radius 1 is 1.53 bits per heavy atom. The Morgan fingerprint density at radius 2 is 2.29 bits per heavy atom. The quantitative estimate of drug-likeness (QED) is 0.845. The predicted molar refractivity (Wildman–Crippen MR) is 73.7 cm³/mol. The van der Waals surface area contributed by atoms with Crippen LogP contribution in [0, 0.1) is 5.92 Å². The summed E-state index contributed by atoms with van der Waals surface area (Å²) < 4.78 is 1.07. The van der Waals surface area contributed by atoms with Gasteiger partial charge in [-0.15, -0.1) is 0 Å². The van der Waals surface area contributed by atoms with Crippen LogP contribution in [-0.2, 0) is 11.2 Å². The average molecular weight is 299 g/mol. The molecule has 0 heterocycles. The molecule has 1 atom stereocenters. The SMILES string of the molecule is CC(CCN)C(=O)NCCc1cccc(Br)c1. The predicted octanol–water partition coefficient (Wildman–Crippen LogP) is 2.09. The Morgan fingerprint density at radius 3 is 2.94 bits per heavy atom. The van der Waals surface area contributed by atoms with Gasteiger partial charge in [-0.25, -0.2) is 0 Å². The first-order chi connectivity index (χ1) is 8.13. The smallest absolute Gasteiger partial charge is 0.222 e. The molecule has 0 bridgehead atoms. The van der Waals surface area contributed by atoms with Crippen molar-refractivity contribution in [2.24, 2.45) is 11.7 Å². The average Bonchev–Trinajstić information content (AvgIpc) is 2.29. The van der Waals surface area contributed by atoms with E-state index in [-0.39, 0.29) is 11.8 Å². The third-order valence-corrected chi connectivity index (χ3v) is 3.14. The van der Waals surface area contributed by atoms with Gasteiger partial charge in [-0.05, 0) is 37.1 Å². The number of halogens is 1. The zero-order valence-corrected chi connectivity index (χ0v) is 11.7. The minimum Gasteiger partial charge on any atom is -0.356 e. The molecule has 0 aliphatic carbocycles. The van der Waals surface area contributed by atoms with Gasteiger partial charge in [0.1, 0.15) is 0 Å². The summed E-state index contributed by atoms with van der Waals surface area (Å²) >= 11 is 3.43. The lowest BCUT2D eigenvalue weighted by Gasteiger charge is -2.11. The van der Waals surface area contributed by atoms with E-state index < -0.39 is 0 Å². The Hall–Kier alpha value is -0.870. The first-order valence-corrected chi connectivity index (χ1v) is 6.65. The van der Waals surface area contributed by atoms with E-state index in [0.29, 0.717) is 13.1 Å². The molecule has 17 heavy (non-hydrogen) atoms. The van der Waals surface area contributed by atoms with E-state index in [1.807, 2.05) is 19.1 Å². The normalized spacial score (nSPS) is 12.2. The van der Waals surface area contributed by atoms with Gasteiger partial charge >= 0.3 is 0 Å². The molecule has 0 saturated carbocycles. The zero-order valence-electron chi connectivity index (χ0n) is 10.1. The van der Waals surface area contributed by atoms with E-state index in [1.54, 1.807) is 0 Å². The molecule has 0 spiro atoms. The second-order valence-corrected chi connectivity index (χ2v) is 5.07. The van der Waals surface area contributed by atoms with Crippen molar-refractivity contribution in [3.8, 4) is 0 Å². The maximum absolute atomic E-state index is 11.6. The van der Waals surface area contributed by atoms with E-state index >= 15 is 0 Å². The summed E-state index contributed by atoms with van der Waals surface area (Å²) in [6, 6.07) is 8.11. The van der Waals surface area contributed by atoms with Gasteiger partial charge in [0.2, 0.25) is 5.91 Å². The number of carbonyl (C=O) groups is 1. The molecule has 94 valence electrons. The van der Waals surface area contributed by atoms with Crippen LogP contribution in [-0.4, -0.2) is 19.0 Å². The largest absolute Gasteiger partial charge is 0.356 e. The molecule has 1 rings (SSSR count). The van der Waals surface area contributed by atoms with Gasteiger partial charge < -0.3 is 11.1 Å². The summed E-state index contributed by atoms with van der Waals surface area (Å²) in [5.41, 5.74) is 6.63. The Balaban J connectivity index is 2.30. The van der Waals surface area contributed by atoms with Gasteiger partial charge in [-0.3, -0.25) is 4.79 Å². The minimum atomic E-state index is 0.00232. The summed E-state index contributed by atoms with van der Waals surface area (Å²) in [6.45, 7) is 3.13. The van der Waals surface area contributed by atoms with Gasteiger partial charge in [0.25, 0.3) is 0 Å². The van der Waals surface area contributed by atoms with Crippen LogP contribution in [0.1, 0.15) is 18.9 Å². The van der Waals surface area contributed by atoms with Gasteiger partial charge in [0.15, 0.2) is 0 Å². The van der Waals surface area contributed by atoms with Gasteiger partial charge in [-0.2, -0.15) is 0 Å². The van der Waals surface area contributed by atoms with Crippen molar-refractivity contribution >= 4 is 21.8 Å². The summed E-state index contributed by atoms with van der Waals surface area (Å²) in [4.78, 5) is 11.6. The second-order valence-electron chi connectivity index (χ2n) is 4.15. The molecule has 0 aliphatic rings. The number of nitrogens with two attached hydrogens (primary N) is 1. The van der Waals surface area contributed by atoms with E-state index in [2.05, 4.69) is 33.4 Å². The summed E-state index contributed by atoms with van der Waals surface area (Å²) in [7, 11) is 0. The third kappa shape index (κ3) is 5.33. The lowest BCUT2D eigenvalue weighted by atomic mass is 10.1.